The van der Waals surface area contributed by atoms with E-state index in [-0.39, 0.29) is 0 Å². The predicted molar refractivity (Wildman–Crippen MR) is 116 cm³/mol. The summed E-state index contributed by atoms with van der Waals surface area (Å²) in [6.45, 7) is 0.579. The molecule has 4 rings (SSSR count). The van der Waals surface area contributed by atoms with Crippen molar-refractivity contribution in [1.29, 1.82) is 0 Å². The van der Waals surface area contributed by atoms with Crippen LogP contribution in [0.2, 0.25) is 0 Å². The van der Waals surface area contributed by atoms with Crippen molar-refractivity contribution in [3.63, 3.8) is 0 Å². The first kappa shape index (κ1) is 18.5. The van der Waals surface area contributed by atoms with Gasteiger partial charge in [-0.15, -0.1) is 0 Å². The molecular formula is C25H26N2O. The van der Waals surface area contributed by atoms with Crippen LogP contribution in [0.5, 0.6) is 0 Å². The van der Waals surface area contributed by atoms with Crippen molar-refractivity contribution in [2.24, 2.45) is 0 Å². The monoisotopic (exact) mass is 370 g/mol. The summed E-state index contributed by atoms with van der Waals surface area (Å²) >= 11 is 0. The predicted octanol–water partition coefficient (Wildman–Crippen LogP) is 5.02. The Balaban J connectivity index is 1.86. The topological polar surface area (TPSA) is 39.3 Å². The number of fused-ring (bicyclic) bond motifs is 1. The van der Waals surface area contributed by atoms with E-state index in [9.17, 15) is 5.11 Å². The molecule has 142 valence electrons. The van der Waals surface area contributed by atoms with Crippen LogP contribution in [-0.4, -0.2) is 35.6 Å². The molecule has 0 aliphatic carbocycles. The third-order valence-electron chi connectivity index (χ3n) is 5.14. The van der Waals surface area contributed by atoms with Gasteiger partial charge in [-0.25, -0.2) is 0 Å². The molecule has 3 heteroatoms. The molecule has 1 aromatic heterocycles. The molecule has 0 fully saturated rings. The second kappa shape index (κ2) is 8.01. The smallest absolute Gasteiger partial charge is 0.0943 e. The van der Waals surface area contributed by atoms with E-state index in [4.69, 9.17) is 0 Å². The molecule has 2 N–H and O–H groups in total. The molecule has 0 aliphatic heterocycles. The van der Waals surface area contributed by atoms with Crippen LogP contribution in [0.4, 0.5) is 0 Å². The second-order valence-electron chi connectivity index (χ2n) is 7.56. The van der Waals surface area contributed by atoms with Gasteiger partial charge in [0.2, 0.25) is 0 Å². The number of aromatic amines is 1. The van der Waals surface area contributed by atoms with Crippen LogP contribution in [0.25, 0.3) is 22.2 Å². The van der Waals surface area contributed by atoms with Gasteiger partial charge in [0, 0.05) is 28.6 Å². The highest BCUT2D eigenvalue weighted by atomic mass is 16.3. The zero-order valence-electron chi connectivity index (χ0n) is 16.4. The number of hydrogen-bond donors (Lipinski definition) is 2. The highest BCUT2D eigenvalue weighted by Crippen LogP contribution is 2.37. The molecular weight excluding hydrogens is 344 g/mol. The molecule has 1 atom stereocenters. The fourth-order valence-electron chi connectivity index (χ4n) is 3.89. The van der Waals surface area contributed by atoms with E-state index < -0.39 is 6.10 Å². The summed E-state index contributed by atoms with van der Waals surface area (Å²) in [5, 5.41) is 12.1. The van der Waals surface area contributed by atoms with E-state index >= 15 is 0 Å². The van der Waals surface area contributed by atoms with Gasteiger partial charge in [-0.05, 0) is 37.7 Å². The highest BCUT2D eigenvalue weighted by Gasteiger charge is 2.21. The van der Waals surface area contributed by atoms with Crippen LogP contribution < -0.4 is 0 Å². The normalized spacial score (nSPS) is 12.6. The van der Waals surface area contributed by atoms with E-state index in [0.717, 1.165) is 34.1 Å². The molecule has 0 saturated heterocycles. The Bertz CT molecular complexity index is 1070. The van der Waals surface area contributed by atoms with Crippen LogP contribution >= 0.6 is 0 Å². The molecule has 4 aromatic rings. The Kier molecular flexibility index (Phi) is 5.29. The van der Waals surface area contributed by atoms with Crippen molar-refractivity contribution in [2.75, 3.05) is 20.6 Å². The van der Waals surface area contributed by atoms with Crippen LogP contribution in [0.1, 0.15) is 22.8 Å². The van der Waals surface area contributed by atoms with Crippen molar-refractivity contribution < 1.29 is 5.11 Å². The second-order valence-corrected chi connectivity index (χ2v) is 7.56. The van der Waals surface area contributed by atoms with Crippen LogP contribution in [-0.2, 0) is 6.42 Å². The zero-order chi connectivity index (χ0) is 19.5. The highest BCUT2D eigenvalue weighted by molar-refractivity contribution is 5.91. The molecule has 0 aliphatic rings. The molecule has 0 amide bonds. The number of aromatic nitrogens is 1. The maximum atomic E-state index is 11.0. The zero-order valence-corrected chi connectivity index (χ0v) is 16.4. The average Bonchev–Trinajstić information content (AvgIpc) is 3.08. The first-order valence-corrected chi connectivity index (χ1v) is 9.69. The standard InChI is InChI=1S/C25H26N2O/c1-27(2)17-23(28)24-21-14-8-9-15-22(21)26-25(24)20-13-7-6-12-19(20)16-18-10-4-3-5-11-18/h3-15,23,26,28H,16-17H2,1-2H3. The first-order valence-electron chi connectivity index (χ1n) is 9.69. The van der Waals surface area contributed by atoms with E-state index in [0.29, 0.717) is 6.54 Å². The van der Waals surface area contributed by atoms with Gasteiger partial charge < -0.3 is 15.0 Å². The Morgan fingerprint density at radius 3 is 2.32 bits per heavy atom. The van der Waals surface area contributed by atoms with Gasteiger partial charge in [-0.3, -0.25) is 0 Å². The van der Waals surface area contributed by atoms with Gasteiger partial charge in [0.15, 0.2) is 0 Å². The Hall–Kier alpha value is -2.88. The SMILES string of the molecule is CN(C)CC(O)c1c(-c2ccccc2Cc2ccccc2)[nH]c2ccccc12. The number of nitrogens with one attached hydrogen (secondary N) is 1. The summed E-state index contributed by atoms with van der Waals surface area (Å²) in [5.41, 5.74) is 6.72. The third-order valence-corrected chi connectivity index (χ3v) is 5.14. The maximum Gasteiger partial charge on any atom is 0.0943 e. The Morgan fingerprint density at radius 1 is 0.857 bits per heavy atom. The molecule has 3 nitrogen and oxygen atoms in total. The summed E-state index contributed by atoms with van der Waals surface area (Å²) in [7, 11) is 3.97. The molecule has 0 spiro atoms. The molecule has 0 bridgehead atoms. The van der Waals surface area contributed by atoms with Crippen molar-refractivity contribution in [3.8, 4) is 11.3 Å². The van der Waals surface area contributed by atoms with Crippen LogP contribution in [0.3, 0.4) is 0 Å². The number of para-hydroxylation sites is 1. The van der Waals surface area contributed by atoms with Gasteiger partial charge in [-0.1, -0.05) is 72.8 Å². The number of likely N-dealkylation sites (N-methyl/N-ethyl adjacent to an activating group) is 1. The summed E-state index contributed by atoms with van der Waals surface area (Å²) in [5.74, 6) is 0. The van der Waals surface area contributed by atoms with E-state index in [1.54, 1.807) is 0 Å². The summed E-state index contributed by atoms with van der Waals surface area (Å²) in [6, 6.07) is 27.2. The van der Waals surface area contributed by atoms with Gasteiger partial charge in [0.1, 0.15) is 0 Å². The fourth-order valence-corrected chi connectivity index (χ4v) is 3.89. The number of aliphatic hydroxyl groups is 1. The van der Waals surface area contributed by atoms with Gasteiger partial charge in [-0.2, -0.15) is 0 Å². The minimum Gasteiger partial charge on any atom is -0.387 e. The number of benzene rings is 3. The minimum absolute atomic E-state index is 0.564. The summed E-state index contributed by atoms with van der Waals surface area (Å²) in [6.07, 6.45) is 0.293. The third kappa shape index (κ3) is 3.72. The van der Waals surface area contributed by atoms with Gasteiger partial charge in [0.25, 0.3) is 0 Å². The number of rotatable bonds is 6. The fraction of sp³-hybridized carbons (Fsp3) is 0.200. The van der Waals surface area contributed by atoms with Crippen molar-refractivity contribution in [3.05, 3.63) is 95.6 Å². The van der Waals surface area contributed by atoms with Gasteiger partial charge in [0.05, 0.1) is 11.8 Å². The number of H-pyrrole nitrogens is 1. The lowest BCUT2D eigenvalue weighted by atomic mass is 9.94. The summed E-state index contributed by atoms with van der Waals surface area (Å²) < 4.78 is 0. The molecule has 1 heterocycles. The van der Waals surface area contributed by atoms with Crippen molar-refractivity contribution >= 4 is 10.9 Å². The molecule has 0 radical (unpaired) electrons. The lowest BCUT2D eigenvalue weighted by Crippen LogP contribution is -2.20. The molecule has 0 saturated carbocycles. The lowest BCUT2D eigenvalue weighted by molar-refractivity contribution is 0.140. The van der Waals surface area contributed by atoms with Crippen molar-refractivity contribution in [2.45, 2.75) is 12.5 Å². The molecule has 1 unspecified atom stereocenters. The number of aliphatic hydroxyl groups excluding tert-OH is 1. The van der Waals surface area contributed by atoms with E-state index in [1.165, 1.54) is 11.1 Å². The van der Waals surface area contributed by atoms with E-state index in [2.05, 4.69) is 65.6 Å². The van der Waals surface area contributed by atoms with Crippen molar-refractivity contribution in [1.82, 2.24) is 9.88 Å². The molecule has 3 aromatic carbocycles. The van der Waals surface area contributed by atoms with E-state index in [1.807, 2.05) is 37.2 Å². The maximum absolute atomic E-state index is 11.0. The first-order chi connectivity index (χ1) is 13.6. The quantitative estimate of drug-likeness (QED) is 0.500. The Labute approximate surface area is 166 Å². The number of nitrogens with zero attached hydrogens (tertiary/aromatic N) is 1. The largest absolute Gasteiger partial charge is 0.387 e. The summed E-state index contributed by atoms with van der Waals surface area (Å²) in [4.78, 5) is 5.60. The lowest BCUT2D eigenvalue weighted by Gasteiger charge is -2.18. The average molecular weight is 370 g/mol. The Morgan fingerprint density at radius 2 is 1.54 bits per heavy atom. The molecule has 28 heavy (non-hydrogen) atoms. The van der Waals surface area contributed by atoms with Gasteiger partial charge >= 0.3 is 0 Å². The van der Waals surface area contributed by atoms with Crippen LogP contribution in [0.15, 0.2) is 78.9 Å². The minimum atomic E-state index is -0.564. The van der Waals surface area contributed by atoms with Crippen LogP contribution in [0, 0.1) is 0 Å². The number of hydrogen-bond acceptors (Lipinski definition) is 2.